The molecule has 0 amide bonds. The average Bonchev–Trinajstić information content (AvgIpc) is 3.17. The van der Waals surface area contributed by atoms with Crippen LogP contribution in [0.5, 0.6) is 0 Å². The Bertz CT molecular complexity index is 1010. The zero-order valence-electron chi connectivity index (χ0n) is 34.0. The summed E-state index contributed by atoms with van der Waals surface area (Å²) in [6.07, 6.45) is 38.2. The lowest BCUT2D eigenvalue weighted by molar-refractivity contribution is -0.305. The number of esters is 1. The summed E-state index contributed by atoms with van der Waals surface area (Å²) < 4.78 is 22.7. The van der Waals surface area contributed by atoms with Crippen molar-refractivity contribution >= 4 is 5.97 Å². The van der Waals surface area contributed by atoms with Crippen molar-refractivity contribution in [3.05, 3.63) is 60.8 Å². The van der Waals surface area contributed by atoms with Gasteiger partial charge in [-0.1, -0.05) is 158 Å². The zero-order valence-corrected chi connectivity index (χ0v) is 34.0. The summed E-state index contributed by atoms with van der Waals surface area (Å²) in [6, 6.07) is 0. The number of hydrogen-bond donors (Lipinski definition) is 4. The summed E-state index contributed by atoms with van der Waals surface area (Å²) in [5.41, 5.74) is 0. The Morgan fingerprint density at radius 1 is 0.611 bits per heavy atom. The van der Waals surface area contributed by atoms with Crippen LogP contribution in [-0.4, -0.2) is 89.6 Å². The van der Waals surface area contributed by atoms with Crippen molar-refractivity contribution in [3.63, 3.8) is 0 Å². The van der Waals surface area contributed by atoms with Gasteiger partial charge in [0.25, 0.3) is 0 Å². The van der Waals surface area contributed by atoms with Crippen LogP contribution in [0.4, 0.5) is 0 Å². The van der Waals surface area contributed by atoms with E-state index in [9.17, 15) is 25.2 Å². The van der Waals surface area contributed by atoms with Crippen LogP contribution in [0, 0.1) is 0 Å². The molecule has 0 bridgehead atoms. The molecule has 1 rings (SSSR count). The molecule has 1 heterocycles. The summed E-state index contributed by atoms with van der Waals surface area (Å²) in [5, 5.41) is 40.0. The van der Waals surface area contributed by atoms with Crippen LogP contribution in [0.1, 0.15) is 155 Å². The Hall–Kier alpha value is -2.11. The van der Waals surface area contributed by atoms with E-state index in [1.807, 2.05) is 0 Å². The lowest BCUT2D eigenvalue weighted by Gasteiger charge is -2.39. The third kappa shape index (κ3) is 27.5. The van der Waals surface area contributed by atoms with Crippen molar-refractivity contribution in [3.8, 4) is 0 Å². The van der Waals surface area contributed by atoms with E-state index in [-0.39, 0.29) is 25.6 Å². The van der Waals surface area contributed by atoms with Gasteiger partial charge in [-0.25, -0.2) is 0 Å². The molecule has 9 heteroatoms. The van der Waals surface area contributed by atoms with Gasteiger partial charge in [-0.15, -0.1) is 0 Å². The second-order valence-corrected chi connectivity index (χ2v) is 14.4. The number of hydrogen-bond acceptors (Lipinski definition) is 9. The minimum absolute atomic E-state index is 0.121. The molecule has 4 N–H and O–H groups in total. The molecule has 1 aliphatic heterocycles. The number of allylic oxidation sites excluding steroid dienone is 10. The van der Waals surface area contributed by atoms with E-state index in [1.54, 1.807) is 0 Å². The topological polar surface area (TPSA) is 135 Å². The number of unbranched alkanes of at least 4 members (excludes halogenated alkanes) is 14. The second-order valence-electron chi connectivity index (χ2n) is 14.4. The number of carbonyl (C=O) groups is 1. The first-order valence-electron chi connectivity index (χ1n) is 21.4. The minimum atomic E-state index is -1.55. The fourth-order valence-electron chi connectivity index (χ4n) is 6.11. The average molecular weight is 763 g/mol. The Kier molecular flexibility index (Phi) is 33.8. The van der Waals surface area contributed by atoms with Crippen molar-refractivity contribution in [1.29, 1.82) is 0 Å². The highest BCUT2D eigenvalue weighted by atomic mass is 16.7. The lowest BCUT2D eigenvalue weighted by Crippen LogP contribution is -2.59. The maximum absolute atomic E-state index is 12.7. The van der Waals surface area contributed by atoms with E-state index in [0.717, 1.165) is 51.4 Å². The SMILES string of the molecule is CC/C=C\C/C=C\C/C=C\C/C=C\C/C=C\CCCC(=O)OC(COCCCCCCCCCCCCCCCC)COC1OC(CO)C(O)C(O)C1O. The second kappa shape index (κ2) is 36.5. The molecule has 0 aliphatic carbocycles. The van der Waals surface area contributed by atoms with Crippen molar-refractivity contribution in [2.45, 2.75) is 192 Å². The molecule has 312 valence electrons. The fraction of sp³-hybridized carbons (Fsp3) is 0.756. The van der Waals surface area contributed by atoms with Gasteiger partial charge >= 0.3 is 5.97 Å². The van der Waals surface area contributed by atoms with Gasteiger partial charge in [-0.2, -0.15) is 0 Å². The van der Waals surface area contributed by atoms with Crippen LogP contribution < -0.4 is 0 Å². The van der Waals surface area contributed by atoms with E-state index in [0.29, 0.717) is 13.0 Å². The van der Waals surface area contributed by atoms with Gasteiger partial charge in [0.15, 0.2) is 6.29 Å². The third-order valence-electron chi connectivity index (χ3n) is 9.45. The molecule has 6 atom stereocenters. The van der Waals surface area contributed by atoms with E-state index in [1.165, 1.54) is 77.0 Å². The molecular weight excluding hydrogens is 684 g/mol. The van der Waals surface area contributed by atoms with Gasteiger partial charge in [0.05, 0.1) is 19.8 Å². The summed E-state index contributed by atoms with van der Waals surface area (Å²) in [5.74, 6) is -0.371. The van der Waals surface area contributed by atoms with Crippen molar-refractivity contribution in [2.24, 2.45) is 0 Å². The van der Waals surface area contributed by atoms with Gasteiger partial charge < -0.3 is 39.4 Å². The van der Waals surface area contributed by atoms with Crippen molar-refractivity contribution < 1.29 is 44.2 Å². The maximum atomic E-state index is 12.7. The molecule has 0 radical (unpaired) electrons. The summed E-state index contributed by atoms with van der Waals surface area (Å²) in [7, 11) is 0. The summed E-state index contributed by atoms with van der Waals surface area (Å²) in [6.45, 7) is 4.37. The first kappa shape index (κ1) is 49.9. The standard InChI is InChI=1S/C45H78O9/c1-3-5-7-9-11-13-15-17-19-20-21-22-24-26-28-30-32-34-41(47)53-39(38-52-45-44(50)43(49)42(48)40(36-46)54-45)37-51-35-33-31-29-27-25-23-18-16-14-12-10-8-6-4-2/h5,7,11,13,17,19,21-22,26,28,39-40,42-46,48-50H,3-4,6,8-10,12,14-16,18,20,23-25,27,29-38H2,1-2H3/b7-5-,13-11-,19-17-,22-21-,28-26-. The predicted octanol–water partition coefficient (Wildman–Crippen LogP) is 9.13. The third-order valence-corrected chi connectivity index (χ3v) is 9.45. The van der Waals surface area contributed by atoms with E-state index in [2.05, 4.69) is 74.6 Å². The summed E-state index contributed by atoms with van der Waals surface area (Å²) >= 11 is 0. The summed E-state index contributed by atoms with van der Waals surface area (Å²) in [4.78, 5) is 12.7. The predicted molar refractivity (Wildman–Crippen MR) is 219 cm³/mol. The molecule has 9 nitrogen and oxygen atoms in total. The molecule has 1 saturated heterocycles. The Morgan fingerprint density at radius 3 is 1.63 bits per heavy atom. The van der Waals surface area contributed by atoms with E-state index < -0.39 is 43.4 Å². The van der Waals surface area contributed by atoms with Crippen LogP contribution in [0.3, 0.4) is 0 Å². The smallest absolute Gasteiger partial charge is 0.306 e. The van der Waals surface area contributed by atoms with Gasteiger partial charge in [0.1, 0.15) is 30.5 Å². The highest BCUT2D eigenvalue weighted by molar-refractivity contribution is 5.69. The Labute approximate surface area is 328 Å². The minimum Gasteiger partial charge on any atom is -0.457 e. The first-order valence-corrected chi connectivity index (χ1v) is 21.4. The van der Waals surface area contributed by atoms with Crippen LogP contribution in [0.25, 0.3) is 0 Å². The van der Waals surface area contributed by atoms with Crippen molar-refractivity contribution in [1.82, 2.24) is 0 Å². The van der Waals surface area contributed by atoms with E-state index in [4.69, 9.17) is 18.9 Å². The molecule has 1 fully saturated rings. The highest BCUT2D eigenvalue weighted by Crippen LogP contribution is 2.22. The Balaban J connectivity index is 2.34. The number of ether oxygens (including phenoxy) is 4. The molecule has 0 aromatic carbocycles. The van der Waals surface area contributed by atoms with Crippen LogP contribution in [0.15, 0.2) is 60.8 Å². The quantitative estimate of drug-likeness (QED) is 0.0283. The van der Waals surface area contributed by atoms with Crippen LogP contribution in [0.2, 0.25) is 0 Å². The molecule has 0 aromatic rings. The first-order chi connectivity index (χ1) is 26.4. The number of carbonyl (C=O) groups excluding carboxylic acids is 1. The Morgan fingerprint density at radius 2 is 1.11 bits per heavy atom. The molecule has 0 saturated carbocycles. The maximum Gasteiger partial charge on any atom is 0.306 e. The molecule has 0 aromatic heterocycles. The highest BCUT2D eigenvalue weighted by Gasteiger charge is 2.44. The molecule has 6 unspecified atom stereocenters. The zero-order chi connectivity index (χ0) is 39.3. The largest absolute Gasteiger partial charge is 0.457 e. The van der Waals surface area contributed by atoms with Gasteiger partial charge in [0, 0.05) is 13.0 Å². The lowest BCUT2D eigenvalue weighted by atomic mass is 9.99. The van der Waals surface area contributed by atoms with Crippen molar-refractivity contribution in [2.75, 3.05) is 26.4 Å². The van der Waals surface area contributed by atoms with Gasteiger partial charge in [-0.3, -0.25) is 4.79 Å². The van der Waals surface area contributed by atoms with Crippen LogP contribution in [-0.2, 0) is 23.7 Å². The van der Waals surface area contributed by atoms with Gasteiger partial charge in [0.2, 0.25) is 0 Å². The fourth-order valence-corrected chi connectivity index (χ4v) is 6.11. The molecule has 1 aliphatic rings. The van der Waals surface area contributed by atoms with Crippen LogP contribution >= 0.6 is 0 Å². The monoisotopic (exact) mass is 763 g/mol. The number of rotatable bonds is 35. The molecule has 54 heavy (non-hydrogen) atoms. The molecular formula is C45H78O9. The van der Waals surface area contributed by atoms with E-state index >= 15 is 0 Å². The normalized spacial score (nSPS) is 21.5. The van der Waals surface area contributed by atoms with Gasteiger partial charge in [-0.05, 0) is 51.4 Å². The number of aliphatic hydroxyl groups excluding tert-OH is 4. The number of aliphatic hydroxyl groups is 4. The molecule has 0 spiro atoms.